The molecule has 2 aromatic heterocycles. The van der Waals surface area contributed by atoms with E-state index in [1.165, 1.54) is 6.07 Å². The molecule has 1 N–H and O–H groups in total. The molecule has 4 aliphatic heterocycles. The molecule has 4 aliphatic rings. The Kier molecular flexibility index (Phi) is 4.94. The third kappa shape index (κ3) is 3.45. The second-order valence-electron chi connectivity index (χ2n) is 10.5. The zero-order valence-electron chi connectivity index (χ0n) is 20.8. The summed E-state index contributed by atoms with van der Waals surface area (Å²) in [5.41, 5.74) is 4.18. The molecule has 0 radical (unpaired) electrons. The highest BCUT2D eigenvalue weighted by atomic mass is 19.3. The van der Waals surface area contributed by atoms with Crippen LogP contribution < -0.4 is 15.0 Å². The van der Waals surface area contributed by atoms with E-state index in [9.17, 15) is 13.6 Å². The maximum absolute atomic E-state index is 13.3. The quantitative estimate of drug-likeness (QED) is 0.422. The number of alkyl halides is 2. The molecule has 11 heteroatoms. The lowest BCUT2D eigenvalue weighted by Gasteiger charge is -2.34. The van der Waals surface area contributed by atoms with Gasteiger partial charge in [-0.2, -0.15) is 8.78 Å². The monoisotopic (exact) mass is 530 g/mol. The number of nitrogens with zero attached hydrogens (tertiary/aromatic N) is 5. The summed E-state index contributed by atoms with van der Waals surface area (Å²) in [5, 5.41) is 3.02. The highest BCUT2D eigenvalue weighted by Gasteiger charge is 2.42. The van der Waals surface area contributed by atoms with E-state index in [2.05, 4.69) is 10.2 Å². The van der Waals surface area contributed by atoms with Gasteiger partial charge in [0, 0.05) is 29.1 Å². The Morgan fingerprint density at radius 2 is 1.85 bits per heavy atom. The number of nitrogens with one attached hydrogen (secondary N) is 1. The first-order valence-corrected chi connectivity index (χ1v) is 13.1. The second-order valence-corrected chi connectivity index (χ2v) is 10.5. The van der Waals surface area contributed by atoms with Crippen molar-refractivity contribution in [3.8, 4) is 16.9 Å². The summed E-state index contributed by atoms with van der Waals surface area (Å²) in [4.78, 5) is 29.5. The number of anilines is 1. The number of rotatable bonds is 4. The number of aromatic nitrogens is 4. The van der Waals surface area contributed by atoms with Crippen molar-refractivity contribution in [1.82, 2.24) is 24.8 Å². The fraction of sp³-hybridized carbons (Fsp3) is 0.357. The van der Waals surface area contributed by atoms with Crippen LogP contribution in [0, 0.1) is 0 Å². The van der Waals surface area contributed by atoms with Gasteiger partial charge in [0.15, 0.2) is 0 Å². The molecule has 8 rings (SSSR count). The summed E-state index contributed by atoms with van der Waals surface area (Å²) >= 11 is 0. The van der Waals surface area contributed by atoms with Gasteiger partial charge in [-0.15, -0.1) is 0 Å². The molecule has 9 nitrogen and oxygen atoms in total. The molecule has 0 saturated carbocycles. The van der Waals surface area contributed by atoms with Crippen molar-refractivity contribution in [2.45, 2.75) is 50.0 Å². The van der Waals surface area contributed by atoms with Crippen LogP contribution in [0.15, 0.2) is 48.8 Å². The van der Waals surface area contributed by atoms with Gasteiger partial charge in [-0.3, -0.25) is 4.79 Å². The molecule has 1 unspecified atom stereocenters. The van der Waals surface area contributed by atoms with Gasteiger partial charge in [0.2, 0.25) is 5.95 Å². The van der Waals surface area contributed by atoms with Crippen LogP contribution in [-0.2, 0) is 4.74 Å². The third-order valence-corrected chi connectivity index (χ3v) is 8.41. The normalized spacial score (nSPS) is 25.0. The summed E-state index contributed by atoms with van der Waals surface area (Å²) < 4.78 is 39.2. The number of imidazole rings is 1. The Morgan fingerprint density at radius 3 is 2.62 bits per heavy atom. The molecule has 198 valence electrons. The summed E-state index contributed by atoms with van der Waals surface area (Å²) in [6, 6.07) is 10.6. The number of carbonyl (C=O) groups excluding carboxylic acids is 1. The van der Waals surface area contributed by atoms with Gasteiger partial charge < -0.3 is 24.3 Å². The van der Waals surface area contributed by atoms with E-state index in [1.54, 1.807) is 12.1 Å². The van der Waals surface area contributed by atoms with Crippen LogP contribution in [-0.4, -0.2) is 57.3 Å². The lowest BCUT2D eigenvalue weighted by Crippen LogP contribution is -2.46. The molecule has 2 saturated heterocycles. The average molecular weight is 531 g/mol. The van der Waals surface area contributed by atoms with E-state index in [-0.39, 0.29) is 23.7 Å². The molecular weight excluding hydrogens is 506 g/mol. The zero-order chi connectivity index (χ0) is 26.2. The Balaban J connectivity index is 1.20. The van der Waals surface area contributed by atoms with Crippen LogP contribution in [0.25, 0.3) is 22.2 Å². The first kappa shape index (κ1) is 22.8. The Labute approximate surface area is 221 Å². The van der Waals surface area contributed by atoms with Crippen molar-refractivity contribution in [1.29, 1.82) is 0 Å². The van der Waals surface area contributed by atoms with Crippen molar-refractivity contribution in [2.75, 3.05) is 18.1 Å². The van der Waals surface area contributed by atoms with Gasteiger partial charge in [-0.1, -0.05) is 12.1 Å². The molecular formula is C28H24F2N6O3. The molecule has 39 heavy (non-hydrogen) atoms. The lowest BCUT2D eigenvalue weighted by atomic mass is 9.97. The predicted octanol–water partition coefficient (Wildman–Crippen LogP) is 4.24. The summed E-state index contributed by atoms with van der Waals surface area (Å²) in [6.07, 6.45) is 6.37. The number of benzene rings is 2. The largest absolute Gasteiger partial charge is 0.434 e. The van der Waals surface area contributed by atoms with Crippen LogP contribution in [0.3, 0.4) is 0 Å². The number of carbonyl (C=O) groups is 1. The molecule has 0 aliphatic carbocycles. The summed E-state index contributed by atoms with van der Waals surface area (Å²) in [6.45, 7) is -1.58. The van der Waals surface area contributed by atoms with Crippen molar-refractivity contribution >= 4 is 22.9 Å². The second kappa shape index (κ2) is 8.44. The molecule has 4 bridgehead atoms. The topological polar surface area (TPSA) is 94.4 Å². The number of amides is 1. The average Bonchev–Trinajstić information content (AvgIpc) is 3.52. The van der Waals surface area contributed by atoms with E-state index < -0.39 is 6.61 Å². The van der Waals surface area contributed by atoms with Crippen molar-refractivity contribution in [2.24, 2.45) is 0 Å². The standard InChI is InChI=1S/C28H24F2N6O3/c29-27(30)39-23-3-1-2-18-24(23)22-9-20(34-26(18)37)25-33-19-7-4-14(8-21(19)36(22)25)15-10-31-28(32-11-15)35-16-5-6-17(35)13-38-12-16/h1-4,7-8,10-11,16-17,20,22,27H,5-6,9,12-13H2,(H,34,37)/t16-,17?,20-,22-/m1/s1. The van der Waals surface area contributed by atoms with E-state index >= 15 is 0 Å². The first-order chi connectivity index (χ1) is 19.0. The fourth-order valence-corrected chi connectivity index (χ4v) is 6.75. The number of morpholine rings is 1. The zero-order valence-corrected chi connectivity index (χ0v) is 20.8. The minimum absolute atomic E-state index is 0.00947. The Morgan fingerprint density at radius 1 is 1.05 bits per heavy atom. The molecule has 0 spiro atoms. The molecule has 2 fully saturated rings. The smallest absolute Gasteiger partial charge is 0.387 e. The number of ether oxygens (including phenoxy) is 2. The van der Waals surface area contributed by atoms with Crippen molar-refractivity contribution < 1.29 is 23.0 Å². The first-order valence-electron chi connectivity index (χ1n) is 13.1. The Hall–Kier alpha value is -4.12. The number of halogens is 2. The van der Waals surface area contributed by atoms with Crippen LogP contribution in [0.2, 0.25) is 0 Å². The van der Waals surface area contributed by atoms with Crippen LogP contribution in [0.4, 0.5) is 14.7 Å². The van der Waals surface area contributed by atoms with Gasteiger partial charge in [-0.05, 0) is 49.1 Å². The fourth-order valence-electron chi connectivity index (χ4n) is 6.75. The van der Waals surface area contributed by atoms with E-state index in [1.807, 2.05) is 35.2 Å². The lowest BCUT2D eigenvalue weighted by molar-refractivity contribution is -0.0507. The minimum atomic E-state index is -3.00. The molecule has 4 aromatic rings. The van der Waals surface area contributed by atoms with Gasteiger partial charge in [0.25, 0.3) is 5.91 Å². The van der Waals surface area contributed by atoms with Crippen molar-refractivity contribution in [3.05, 3.63) is 65.7 Å². The molecule has 4 atom stereocenters. The van der Waals surface area contributed by atoms with E-state index in [4.69, 9.17) is 24.4 Å². The van der Waals surface area contributed by atoms with Crippen molar-refractivity contribution in [3.63, 3.8) is 0 Å². The Bertz CT molecular complexity index is 1610. The highest BCUT2D eigenvalue weighted by molar-refractivity contribution is 5.98. The molecule has 2 aromatic carbocycles. The van der Waals surface area contributed by atoms with Gasteiger partial charge in [-0.25, -0.2) is 15.0 Å². The van der Waals surface area contributed by atoms with E-state index in [0.29, 0.717) is 48.7 Å². The van der Waals surface area contributed by atoms with Gasteiger partial charge in [0.05, 0.1) is 48.4 Å². The maximum atomic E-state index is 13.3. The maximum Gasteiger partial charge on any atom is 0.387 e. The van der Waals surface area contributed by atoms with Crippen LogP contribution in [0.1, 0.15) is 53.1 Å². The SMILES string of the molecule is O=C1N[C@@H]2C[C@H](c3c(OC(F)F)cccc31)n1c2nc2ccc(-c3cnc(N4C5CC[C@@H]4COC5)nc3)cc21. The minimum Gasteiger partial charge on any atom is -0.434 e. The third-order valence-electron chi connectivity index (χ3n) is 8.41. The number of hydrogen-bond acceptors (Lipinski definition) is 7. The van der Waals surface area contributed by atoms with E-state index in [0.717, 1.165) is 41.0 Å². The summed E-state index contributed by atoms with van der Waals surface area (Å²) in [7, 11) is 0. The number of fused-ring (bicyclic) bond motifs is 11. The molecule has 6 heterocycles. The van der Waals surface area contributed by atoms with Crippen LogP contribution >= 0.6 is 0 Å². The molecule has 1 amide bonds. The number of hydrogen-bond donors (Lipinski definition) is 1. The van der Waals surface area contributed by atoms with Crippen LogP contribution in [0.5, 0.6) is 5.75 Å². The highest BCUT2D eigenvalue weighted by Crippen LogP contribution is 2.47. The summed E-state index contributed by atoms with van der Waals surface area (Å²) in [5.74, 6) is 1.12. The van der Waals surface area contributed by atoms with Gasteiger partial charge >= 0.3 is 6.61 Å². The van der Waals surface area contributed by atoms with Gasteiger partial charge in [0.1, 0.15) is 11.6 Å². The predicted molar refractivity (Wildman–Crippen MR) is 137 cm³/mol.